The van der Waals surface area contributed by atoms with Gasteiger partial charge in [0.25, 0.3) is 0 Å². The standard InChI is InChI=1S/C11H14FNO2.C4H8O2.ClH/c1-11(13,7-10(14)15-2)8-3-5-9(12)6-4-8;1-2-3-4(5)6;/h3-6H,7,13H2,1-2H3;2-3H2,1H3,(H,5,6);1H/t11-;;/m0../s1. The van der Waals surface area contributed by atoms with E-state index >= 15 is 0 Å². The Morgan fingerprint density at radius 3 is 2.14 bits per heavy atom. The molecule has 0 heterocycles. The molecular formula is C15H23ClFNO4. The molecule has 1 aromatic rings. The van der Waals surface area contributed by atoms with Crippen molar-refractivity contribution in [2.45, 2.75) is 38.6 Å². The number of ether oxygens (including phenoxy) is 1. The zero-order valence-corrected chi connectivity index (χ0v) is 13.8. The van der Waals surface area contributed by atoms with Crippen molar-refractivity contribution in [2.75, 3.05) is 7.11 Å². The van der Waals surface area contributed by atoms with Gasteiger partial charge in [-0.05, 0) is 31.0 Å². The molecule has 1 rings (SSSR count). The largest absolute Gasteiger partial charge is 0.481 e. The topological polar surface area (TPSA) is 89.6 Å². The second-order valence-corrected chi connectivity index (χ2v) is 4.82. The summed E-state index contributed by atoms with van der Waals surface area (Å²) in [5, 5.41) is 7.91. The third-order valence-electron chi connectivity index (χ3n) is 2.71. The Morgan fingerprint density at radius 1 is 1.32 bits per heavy atom. The highest BCUT2D eigenvalue weighted by Crippen LogP contribution is 2.22. The number of benzene rings is 1. The van der Waals surface area contributed by atoms with Crippen LogP contribution in [0.4, 0.5) is 4.39 Å². The van der Waals surface area contributed by atoms with Gasteiger partial charge >= 0.3 is 11.9 Å². The number of nitrogens with two attached hydrogens (primary N) is 1. The number of carboxylic acid groups (broad SMARTS) is 1. The molecule has 0 spiro atoms. The minimum Gasteiger partial charge on any atom is -0.481 e. The van der Waals surface area contributed by atoms with Gasteiger partial charge in [0.15, 0.2) is 0 Å². The van der Waals surface area contributed by atoms with E-state index in [0.29, 0.717) is 12.0 Å². The lowest BCUT2D eigenvalue weighted by molar-refractivity contribution is -0.142. The maximum Gasteiger partial charge on any atom is 0.307 e. The first-order valence-electron chi connectivity index (χ1n) is 6.56. The number of carbonyl (C=O) groups is 2. The third kappa shape index (κ3) is 9.31. The quantitative estimate of drug-likeness (QED) is 0.807. The normalized spacial score (nSPS) is 12.0. The number of rotatable bonds is 5. The summed E-state index contributed by atoms with van der Waals surface area (Å²) in [6.45, 7) is 3.55. The summed E-state index contributed by atoms with van der Waals surface area (Å²) < 4.78 is 17.2. The smallest absolute Gasteiger partial charge is 0.307 e. The van der Waals surface area contributed by atoms with Crippen molar-refractivity contribution < 1.29 is 23.8 Å². The highest BCUT2D eigenvalue weighted by Gasteiger charge is 2.25. The second-order valence-electron chi connectivity index (χ2n) is 4.82. The number of methoxy groups -OCH3 is 1. The van der Waals surface area contributed by atoms with Gasteiger partial charge in [0.05, 0.1) is 13.5 Å². The average molecular weight is 336 g/mol. The van der Waals surface area contributed by atoms with Gasteiger partial charge in [-0.15, -0.1) is 12.4 Å². The number of esters is 1. The zero-order valence-electron chi connectivity index (χ0n) is 13.0. The number of carbonyl (C=O) groups excluding carboxylic acids is 1. The van der Waals surface area contributed by atoms with Crippen LogP contribution in [0.25, 0.3) is 0 Å². The van der Waals surface area contributed by atoms with E-state index in [9.17, 15) is 14.0 Å². The molecule has 0 amide bonds. The SMILES string of the molecule is CCCC(=O)O.COC(=O)C[C@](C)(N)c1ccc(F)cc1.Cl. The number of halogens is 2. The average Bonchev–Trinajstić information content (AvgIpc) is 2.39. The van der Waals surface area contributed by atoms with Crippen molar-refractivity contribution in [3.63, 3.8) is 0 Å². The summed E-state index contributed by atoms with van der Waals surface area (Å²) >= 11 is 0. The van der Waals surface area contributed by atoms with Crippen LogP contribution in [-0.4, -0.2) is 24.2 Å². The van der Waals surface area contributed by atoms with Crippen LogP contribution in [0, 0.1) is 5.82 Å². The van der Waals surface area contributed by atoms with Crippen LogP contribution >= 0.6 is 12.4 Å². The van der Waals surface area contributed by atoms with Crippen LogP contribution < -0.4 is 5.73 Å². The fraction of sp³-hybridized carbons (Fsp3) is 0.467. The Morgan fingerprint density at radius 2 is 1.82 bits per heavy atom. The van der Waals surface area contributed by atoms with E-state index in [1.54, 1.807) is 19.1 Å². The highest BCUT2D eigenvalue weighted by molar-refractivity contribution is 5.85. The Bertz CT molecular complexity index is 463. The predicted octanol–water partition coefficient (Wildman–Crippen LogP) is 2.86. The molecule has 1 atom stereocenters. The number of hydrogen-bond acceptors (Lipinski definition) is 4. The van der Waals surface area contributed by atoms with Crippen LogP contribution in [0.15, 0.2) is 24.3 Å². The van der Waals surface area contributed by atoms with Crippen molar-refractivity contribution >= 4 is 24.3 Å². The van der Waals surface area contributed by atoms with Crippen molar-refractivity contribution in [1.82, 2.24) is 0 Å². The molecule has 0 radical (unpaired) electrons. The first kappa shape index (κ1) is 22.6. The monoisotopic (exact) mass is 335 g/mol. The van der Waals surface area contributed by atoms with E-state index in [1.165, 1.54) is 19.2 Å². The number of hydrogen-bond donors (Lipinski definition) is 2. The molecule has 126 valence electrons. The molecule has 1 aromatic carbocycles. The van der Waals surface area contributed by atoms with Gasteiger partial charge in [0.1, 0.15) is 5.82 Å². The Hall–Kier alpha value is -1.66. The van der Waals surface area contributed by atoms with Gasteiger partial charge in [-0.2, -0.15) is 0 Å². The fourth-order valence-electron chi connectivity index (χ4n) is 1.52. The molecular weight excluding hydrogens is 313 g/mol. The van der Waals surface area contributed by atoms with E-state index in [4.69, 9.17) is 10.8 Å². The van der Waals surface area contributed by atoms with Crippen LogP contribution in [0.1, 0.15) is 38.7 Å². The minimum absolute atomic E-state index is 0. The summed E-state index contributed by atoms with van der Waals surface area (Å²) in [7, 11) is 1.31. The Labute approximate surface area is 136 Å². The third-order valence-corrected chi connectivity index (χ3v) is 2.71. The Kier molecular flexibility index (Phi) is 11.3. The van der Waals surface area contributed by atoms with E-state index in [0.717, 1.165) is 6.42 Å². The molecule has 0 aliphatic carbocycles. The van der Waals surface area contributed by atoms with Crippen LogP contribution in [0.3, 0.4) is 0 Å². The molecule has 0 saturated carbocycles. The summed E-state index contributed by atoms with van der Waals surface area (Å²) in [6, 6.07) is 5.77. The molecule has 3 N–H and O–H groups in total. The second kappa shape index (κ2) is 11.0. The van der Waals surface area contributed by atoms with Gasteiger partial charge in [0.2, 0.25) is 0 Å². The molecule has 0 saturated heterocycles. The maximum atomic E-state index is 12.7. The minimum atomic E-state index is -0.833. The molecule has 7 heteroatoms. The van der Waals surface area contributed by atoms with Gasteiger partial charge < -0.3 is 15.6 Å². The molecule has 0 fully saturated rings. The number of aliphatic carboxylic acids is 1. The van der Waals surface area contributed by atoms with Gasteiger partial charge in [-0.1, -0.05) is 19.1 Å². The summed E-state index contributed by atoms with van der Waals surface area (Å²) in [5.41, 5.74) is 5.81. The lowest BCUT2D eigenvalue weighted by Gasteiger charge is -2.23. The molecule has 0 bridgehead atoms. The van der Waals surface area contributed by atoms with Gasteiger partial charge in [-0.25, -0.2) is 4.39 Å². The molecule has 0 aliphatic heterocycles. The van der Waals surface area contributed by atoms with E-state index in [-0.39, 0.29) is 30.6 Å². The molecule has 0 aromatic heterocycles. The maximum absolute atomic E-state index is 12.7. The highest BCUT2D eigenvalue weighted by atomic mass is 35.5. The van der Waals surface area contributed by atoms with Crippen molar-refractivity contribution in [2.24, 2.45) is 5.73 Å². The lowest BCUT2D eigenvalue weighted by Crippen LogP contribution is -2.35. The first-order valence-corrected chi connectivity index (χ1v) is 6.56. The van der Waals surface area contributed by atoms with Crippen molar-refractivity contribution in [1.29, 1.82) is 0 Å². The first-order chi connectivity index (χ1) is 9.72. The lowest BCUT2D eigenvalue weighted by atomic mass is 9.90. The van der Waals surface area contributed by atoms with Crippen LogP contribution in [0.5, 0.6) is 0 Å². The van der Waals surface area contributed by atoms with Crippen LogP contribution in [0.2, 0.25) is 0 Å². The van der Waals surface area contributed by atoms with Crippen LogP contribution in [-0.2, 0) is 19.9 Å². The molecule has 0 aliphatic rings. The predicted molar refractivity (Wildman–Crippen MR) is 84.4 cm³/mol. The van der Waals surface area contributed by atoms with E-state index in [2.05, 4.69) is 4.74 Å². The van der Waals surface area contributed by atoms with Gasteiger partial charge in [0, 0.05) is 12.0 Å². The summed E-state index contributed by atoms with van der Waals surface area (Å²) in [4.78, 5) is 20.7. The molecule has 5 nitrogen and oxygen atoms in total. The van der Waals surface area contributed by atoms with Crippen molar-refractivity contribution in [3.8, 4) is 0 Å². The molecule has 22 heavy (non-hydrogen) atoms. The van der Waals surface area contributed by atoms with E-state index < -0.39 is 11.5 Å². The molecule has 0 unspecified atom stereocenters. The Balaban J connectivity index is 0. The van der Waals surface area contributed by atoms with E-state index in [1.807, 2.05) is 6.92 Å². The van der Waals surface area contributed by atoms with Crippen molar-refractivity contribution in [3.05, 3.63) is 35.6 Å². The summed E-state index contributed by atoms with van der Waals surface area (Å²) in [5.74, 6) is -1.42. The van der Waals surface area contributed by atoms with Gasteiger partial charge in [-0.3, -0.25) is 9.59 Å². The summed E-state index contributed by atoms with van der Waals surface area (Å²) in [6.07, 6.45) is 1.09. The zero-order chi connectivity index (χ0) is 16.5. The fourth-order valence-corrected chi connectivity index (χ4v) is 1.52. The number of carboxylic acids is 1.